The summed E-state index contributed by atoms with van der Waals surface area (Å²) in [6.45, 7) is 0. The molecule has 2 N–H and O–H groups in total. The Hall–Kier alpha value is -0.960. The number of hydrogen-bond donors (Lipinski definition) is 2. The molecule has 2 rings (SSSR count). The van der Waals surface area contributed by atoms with E-state index in [1.807, 2.05) is 24.3 Å². The summed E-state index contributed by atoms with van der Waals surface area (Å²) < 4.78 is 0. The number of fused-ring (bicyclic) bond motifs is 1. The van der Waals surface area contributed by atoms with Gasteiger partial charge in [0.2, 0.25) is 0 Å². The predicted molar refractivity (Wildman–Crippen MR) is 46.9 cm³/mol. The smallest absolute Gasteiger partial charge is 0.126 e. The van der Waals surface area contributed by atoms with Gasteiger partial charge >= 0.3 is 0 Å². The van der Waals surface area contributed by atoms with Crippen molar-refractivity contribution in [3.63, 3.8) is 0 Å². The van der Waals surface area contributed by atoms with E-state index in [1.54, 1.807) is 0 Å². The molecule has 0 fully saturated rings. The minimum Gasteiger partial charge on any atom is -0.342 e. The molecule has 1 aromatic rings. The second-order valence-corrected chi connectivity index (χ2v) is 3.05. The van der Waals surface area contributed by atoms with Gasteiger partial charge in [-0.25, -0.2) is 0 Å². The van der Waals surface area contributed by atoms with Crippen LogP contribution in [0.4, 0.5) is 5.69 Å². The predicted octanol–water partition coefficient (Wildman–Crippen LogP) is 2.22. The summed E-state index contributed by atoms with van der Waals surface area (Å²) >= 11 is 1.46. The van der Waals surface area contributed by atoms with Crippen molar-refractivity contribution in [1.82, 2.24) is 0 Å². The second kappa shape index (κ2) is 2.58. The average molecular weight is 162 g/mol. The molecular weight excluding hydrogens is 156 g/mol. The molecule has 2 radical (unpaired) electrons. The van der Waals surface area contributed by atoms with E-state index >= 15 is 0 Å². The van der Waals surface area contributed by atoms with Crippen LogP contribution in [0.5, 0.6) is 0 Å². The van der Waals surface area contributed by atoms with Crippen LogP contribution in [0.3, 0.4) is 0 Å². The third kappa shape index (κ3) is 1.24. The zero-order valence-electron chi connectivity index (χ0n) is 5.72. The molecule has 0 bridgehead atoms. The lowest BCUT2D eigenvalue weighted by Crippen LogP contribution is -2.13. The molecule has 54 valence electrons. The first-order valence-electron chi connectivity index (χ1n) is 3.24. The lowest BCUT2D eigenvalue weighted by molar-refractivity contribution is 1.39. The van der Waals surface area contributed by atoms with Crippen molar-refractivity contribution in [3.05, 3.63) is 30.0 Å². The third-order valence-electron chi connectivity index (χ3n) is 1.41. The first kappa shape index (κ1) is 6.73. The summed E-state index contributed by atoms with van der Waals surface area (Å²) in [4.78, 5) is 1.13. The molecule has 0 saturated carbocycles. The van der Waals surface area contributed by atoms with E-state index < -0.39 is 0 Å². The monoisotopic (exact) mass is 162 g/mol. The number of nitrogens with one attached hydrogen (secondary N) is 2. The first-order valence-corrected chi connectivity index (χ1v) is 4.05. The van der Waals surface area contributed by atoms with Crippen LogP contribution in [-0.4, -0.2) is 5.84 Å². The molecule has 2 nitrogen and oxygen atoms in total. The summed E-state index contributed by atoms with van der Waals surface area (Å²) in [6.07, 6.45) is 0. The fraction of sp³-hybridized carbons (Fsp3) is 0. The summed E-state index contributed by atoms with van der Waals surface area (Å²) in [7, 11) is 0. The van der Waals surface area contributed by atoms with Crippen molar-refractivity contribution in [3.8, 4) is 0 Å². The highest BCUT2D eigenvalue weighted by Gasteiger charge is 2.11. The Morgan fingerprint density at radius 2 is 2.18 bits per heavy atom. The Morgan fingerprint density at radius 1 is 1.36 bits per heavy atom. The molecule has 0 unspecified atom stereocenters. The molecule has 0 aromatic heterocycles. The number of amidine groups is 1. The minimum atomic E-state index is 0.341. The molecule has 11 heavy (non-hydrogen) atoms. The van der Waals surface area contributed by atoms with E-state index in [0.717, 1.165) is 10.6 Å². The van der Waals surface area contributed by atoms with Gasteiger partial charge in [-0.1, -0.05) is 12.1 Å². The normalized spacial score (nSPS) is 15.5. The number of benzene rings is 1. The first-order chi connectivity index (χ1) is 5.36. The summed E-state index contributed by atoms with van der Waals surface area (Å²) in [6, 6.07) is 7.89. The minimum absolute atomic E-state index is 0.341. The van der Waals surface area contributed by atoms with Gasteiger partial charge < -0.3 is 5.32 Å². The summed E-state index contributed by atoms with van der Waals surface area (Å²) in [5.41, 5.74) is 1.00. The molecule has 0 amide bonds. The van der Waals surface area contributed by atoms with Crippen LogP contribution < -0.4 is 5.32 Å². The van der Waals surface area contributed by atoms with Crippen LogP contribution in [-0.2, 0) is 0 Å². The average Bonchev–Trinajstić information content (AvgIpc) is 2.04. The molecule has 3 heteroatoms. The fourth-order valence-corrected chi connectivity index (χ4v) is 1.56. The Bertz CT molecular complexity index is 296. The van der Waals surface area contributed by atoms with Crippen molar-refractivity contribution in [2.75, 3.05) is 5.32 Å². The lowest BCUT2D eigenvalue weighted by Gasteiger charge is -2.16. The maximum atomic E-state index is 7.28. The zero-order chi connectivity index (χ0) is 7.68. The molecule has 0 saturated heterocycles. The topological polar surface area (TPSA) is 35.9 Å². The zero-order valence-corrected chi connectivity index (χ0v) is 6.53. The van der Waals surface area contributed by atoms with Gasteiger partial charge in [0.1, 0.15) is 11.6 Å². The third-order valence-corrected chi connectivity index (χ3v) is 2.29. The molecule has 0 aliphatic carbocycles. The molecular formula is C8H6N2S. The van der Waals surface area contributed by atoms with E-state index in [-0.39, 0.29) is 0 Å². The Balaban J connectivity index is 2.41. The van der Waals surface area contributed by atoms with Gasteiger partial charge in [0.25, 0.3) is 0 Å². The van der Waals surface area contributed by atoms with Crippen LogP contribution in [0.1, 0.15) is 0 Å². The highest BCUT2D eigenvalue weighted by molar-refractivity contribution is 8.02. The number of para-hydroxylation sites is 1. The molecule has 0 atom stereocenters. The molecule has 1 aromatic carbocycles. The van der Waals surface area contributed by atoms with Gasteiger partial charge in [-0.3, -0.25) is 5.41 Å². The molecule has 1 aliphatic heterocycles. The van der Waals surface area contributed by atoms with Crippen LogP contribution >= 0.6 is 11.8 Å². The van der Waals surface area contributed by atoms with Gasteiger partial charge in [-0.05, 0) is 12.1 Å². The van der Waals surface area contributed by atoms with Crippen molar-refractivity contribution < 1.29 is 0 Å². The van der Waals surface area contributed by atoms with Crippen LogP contribution in [0.2, 0.25) is 0 Å². The van der Waals surface area contributed by atoms with Crippen LogP contribution in [0.15, 0.2) is 29.2 Å². The second-order valence-electron chi connectivity index (χ2n) is 2.20. The van der Waals surface area contributed by atoms with E-state index in [2.05, 4.69) is 11.1 Å². The van der Waals surface area contributed by atoms with Crippen LogP contribution in [0, 0.1) is 11.2 Å². The van der Waals surface area contributed by atoms with E-state index in [1.165, 1.54) is 11.8 Å². The van der Waals surface area contributed by atoms with Gasteiger partial charge in [0, 0.05) is 4.90 Å². The summed E-state index contributed by atoms with van der Waals surface area (Å²) in [5, 5.41) is 10.2. The molecule has 1 aliphatic rings. The molecule has 1 heterocycles. The fourth-order valence-electron chi connectivity index (χ4n) is 0.925. The highest BCUT2D eigenvalue weighted by atomic mass is 32.2. The van der Waals surface area contributed by atoms with Crippen LogP contribution in [0.25, 0.3) is 0 Å². The lowest BCUT2D eigenvalue weighted by atomic mass is 10.3. The van der Waals surface area contributed by atoms with Crippen molar-refractivity contribution >= 4 is 23.3 Å². The Labute approximate surface area is 69.5 Å². The Morgan fingerprint density at radius 3 is 3.09 bits per heavy atom. The quantitative estimate of drug-likeness (QED) is 0.613. The standard InChI is InChI=1S/C8H6N2S/c9-8-5-11-7-4-2-1-3-6(7)10-8/h1-4H,(H2,9,10). The van der Waals surface area contributed by atoms with Gasteiger partial charge in [-0.15, -0.1) is 11.8 Å². The maximum absolute atomic E-state index is 7.28. The largest absolute Gasteiger partial charge is 0.342 e. The number of anilines is 1. The SMILES string of the molecule is N=C1[C]Sc2ccccc2N1. The van der Waals surface area contributed by atoms with Gasteiger partial charge in [0.05, 0.1) is 5.69 Å². The maximum Gasteiger partial charge on any atom is 0.126 e. The number of hydrogen-bond acceptors (Lipinski definition) is 2. The number of thioether (sulfide) groups is 1. The van der Waals surface area contributed by atoms with E-state index in [0.29, 0.717) is 5.84 Å². The van der Waals surface area contributed by atoms with Gasteiger partial charge in [0.15, 0.2) is 0 Å². The number of rotatable bonds is 0. The highest BCUT2D eigenvalue weighted by Crippen LogP contribution is 2.32. The van der Waals surface area contributed by atoms with Crippen molar-refractivity contribution in [2.24, 2.45) is 0 Å². The van der Waals surface area contributed by atoms with E-state index in [9.17, 15) is 0 Å². The van der Waals surface area contributed by atoms with E-state index in [4.69, 9.17) is 5.41 Å². The van der Waals surface area contributed by atoms with Gasteiger partial charge in [-0.2, -0.15) is 0 Å². The Kier molecular flexibility index (Phi) is 1.58. The summed E-state index contributed by atoms with van der Waals surface area (Å²) in [5.74, 6) is 3.17. The molecule has 0 spiro atoms. The van der Waals surface area contributed by atoms with Crippen molar-refractivity contribution in [1.29, 1.82) is 5.41 Å². The van der Waals surface area contributed by atoms with Crippen molar-refractivity contribution in [2.45, 2.75) is 4.90 Å².